The first-order chi connectivity index (χ1) is 9.36. The summed E-state index contributed by atoms with van der Waals surface area (Å²) in [4.78, 5) is 22.6. The number of nitro groups is 1. The zero-order valence-electron chi connectivity index (χ0n) is 11.2. The molecule has 6 nitrogen and oxygen atoms in total. The van der Waals surface area contributed by atoms with E-state index in [1.807, 2.05) is 0 Å². The van der Waals surface area contributed by atoms with E-state index in [1.165, 1.54) is 4.90 Å². The van der Waals surface area contributed by atoms with Gasteiger partial charge in [-0.15, -0.1) is 0 Å². The molecular formula is C12H15F2N3O3. The van der Waals surface area contributed by atoms with Gasteiger partial charge >= 0.3 is 5.69 Å². The third kappa shape index (κ3) is 3.95. The van der Waals surface area contributed by atoms with Crippen molar-refractivity contribution in [3.05, 3.63) is 39.4 Å². The number of rotatable bonds is 6. The number of nitrogens with one attached hydrogen (secondary N) is 1. The molecule has 0 saturated carbocycles. The lowest BCUT2D eigenvalue weighted by Gasteiger charge is -2.14. The van der Waals surface area contributed by atoms with Crippen LogP contribution >= 0.6 is 0 Å². The van der Waals surface area contributed by atoms with Gasteiger partial charge in [0.1, 0.15) is 5.82 Å². The lowest BCUT2D eigenvalue weighted by atomic mass is 10.1. The molecule has 0 spiro atoms. The normalized spacial score (nSPS) is 10.4. The minimum atomic E-state index is -1.22. The lowest BCUT2D eigenvalue weighted by molar-refractivity contribution is -0.387. The van der Waals surface area contributed by atoms with Crippen LogP contribution in [0.15, 0.2) is 12.1 Å². The second-order valence-electron chi connectivity index (χ2n) is 4.16. The monoisotopic (exact) mass is 287 g/mol. The Hall–Kier alpha value is -2.09. The first-order valence-electron chi connectivity index (χ1n) is 5.93. The second kappa shape index (κ2) is 6.90. The predicted molar refractivity (Wildman–Crippen MR) is 68.0 cm³/mol. The lowest BCUT2D eigenvalue weighted by Crippen LogP contribution is -2.35. The quantitative estimate of drug-likeness (QED) is 0.634. The number of amides is 1. The van der Waals surface area contributed by atoms with Gasteiger partial charge in [-0.3, -0.25) is 14.9 Å². The number of nitro benzene ring substituents is 1. The molecule has 0 unspecified atom stereocenters. The summed E-state index contributed by atoms with van der Waals surface area (Å²) in [7, 11) is 1.62. The fraction of sp³-hybridized carbons (Fsp3) is 0.417. The first kappa shape index (κ1) is 16.0. The van der Waals surface area contributed by atoms with Crippen LogP contribution < -0.4 is 5.32 Å². The number of carbonyl (C=O) groups is 1. The molecule has 1 N–H and O–H groups in total. The van der Waals surface area contributed by atoms with Crippen LogP contribution in [0.25, 0.3) is 0 Å². The van der Waals surface area contributed by atoms with E-state index in [9.17, 15) is 23.7 Å². The van der Waals surface area contributed by atoms with Crippen molar-refractivity contribution < 1.29 is 18.5 Å². The third-order valence-corrected chi connectivity index (χ3v) is 2.80. The molecular weight excluding hydrogens is 272 g/mol. The smallest absolute Gasteiger partial charge is 0.305 e. The summed E-state index contributed by atoms with van der Waals surface area (Å²) in [6.07, 6.45) is 0. The fourth-order valence-electron chi connectivity index (χ4n) is 1.47. The molecule has 0 aliphatic rings. The van der Waals surface area contributed by atoms with Crippen molar-refractivity contribution in [2.45, 2.75) is 13.5 Å². The summed E-state index contributed by atoms with van der Waals surface area (Å²) in [6.45, 7) is 2.21. The Kier molecular flexibility index (Phi) is 5.51. The van der Waals surface area contributed by atoms with E-state index in [2.05, 4.69) is 5.32 Å². The number of hydrogen-bond acceptors (Lipinski definition) is 4. The Morgan fingerprint density at radius 3 is 2.60 bits per heavy atom. The molecule has 8 heteroatoms. The van der Waals surface area contributed by atoms with Gasteiger partial charge in [0.25, 0.3) is 0 Å². The second-order valence-corrected chi connectivity index (χ2v) is 4.16. The number of benzene rings is 1. The summed E-state index contributed by atoms with van der Waals surface area (Å²) in [5, 5.41) is 13.2. The number of nitrogens with zero attached hydrogens (tertiary/aromatic N) is 2. The van der Waals surface area contributed by atoms with E-state index in [-0.39, 0.29) is 24.6 Å². The van der Waals surface area contributed by atoms with Crippen molar-refractivity contribution in [1.29, 1.82) is 0 Å². The highest BCUT2D eigenvalue weighted by atomic mass is 19.1. The molecule has 20 heavy (non-hydrogen) atoms. The molecule has 0 atom stereocenters. The first-order valence-corrected chi connectivity index (χ1v) is 5.93. The minimum absolute atomic E-state index is 0.0328. The molecule has 1 aromatic carbocycles. The standard InChI is InChI=1S/C12H15F2N3O3/c1-3-16(2)12(18)7-15-6-8-4-11(17(19)20)10(14)5-9(8)13/h4-5,15H,3,6-7H2,1-2H3. The Morgan fingerprint density at radius 1 is 1.40 bits per heavy atom. The van der Waals surface area contributed by atoms with Crippen LogP contribution in [-0.4, -0.2) is 35.9 Å². The van der Waals surface area contributed by atoms with Crippen molar-refractivity contribution >= 4 is 11.6 Å². The zero-order valence-corrected chi connectivity index (χ0v) is 11.2. The number of carbonyl (C=O) groups excluding carboxylic acids is 1. The van der Waals surface area contributed by atoms with Crippen molar-refractivity contribution in [1.82, 2.24) is 10.2 Å². The summed E-state index contributed by atoms with van der Waals surface area (Å²) in [5.41, 5.74) is -0.856. The average molecular weight is 287 g/mol. The molecule has 1 amide bonds. The van der Waals surface area contributed by atoms with E-state index >= 15 is 0 Å². The minimum Gasteiger partial charge on any atom is -0.345 e. The van der Waals surface area contributed by atoms with Crippen molar-refractivity contribution in [3.8, 4) is 0 Å². The topological polar surface area (TPSA) is 75.5 Å². The van der Waals surface area contributed by atoms with Crippen LogP contribution in [0.2, 0.25) is 0 Å². The van der Waals surface area contributed by atoms with Gasteiger partial charge in [-0.05, 0) is 6.92 Å². The molecule has 0 radical (unpaired) electrons. The van der Waals surface area contributed by atoms with Crippen LogP contribution in [0.3, 0.4) is 0 Å². The maximum atomic E-state index is 13.4. The van der Waals surface area contributed by atoms with Gasteiger partial charge in [0.05, 0.1) is 11.5 Å². The number of hydrogen-bond donors (Lipinski definition) is 1. The molecule has 1 aromatic rings. The van der Waals surface area contributed by atoms with Crippen LogP contribution in [-0.2, 0) is 11.3 Å². The third-order valence-electron chi connectivity index (χ3n) is 2.80. The van der Waals surface area contributed by atoms with Gasteiger partial charge in [-0.1, -0.05) is 0 Å². The van der Waals surface area contributed by atoms with E-state index < -0.39 is 22.2 Å². The summed E-state index contributed by atoms with van der Waals surface area (Å²) in [5.74, 6) is -2.31. The molecule has 110 valence electrons. The summed E-state index contributed by atoms with van der Waals surface area (Å²) >= 11 is 0. The average Bonchev–Trinajstić information content (AvgIpc) is 2.39. The van der Waals surface area contributed by atoms with Crippen LogP contribution in [0.5, 0.6) is 0 Å². The Labute approximate surface area is 114 Å². The van der Waals surface area contributed by atoms with E-state index in [4.69, 9.17) is 0 Å². The molecule has 0 aliphatic heterocycles. The van der Waals surface area contributed by atoms with Crippen molar-refractivity contribution in [3.63, 3.8) is 0 Å². The molecule has 0 aliphatic carbocycles. The molecule has 0 bridgehead atoms. The van der Waals surface area contributed by atoms with E-state index in [0.29, 0.717) is 12.6 Å². The maximum Gasteiger partial charge on any atom is 0.305 e. The Morgan fingerprint density at radius 2 is 2.05 bits per heavy atom. The Bertz CT molecular complexity index is 523. The molecule has 0 aromatic heterocycles. The van der Waals surface area contributed by atoms with Crippen molar-refractivity contribution in [2.75, 3.05) is 20.1 Å². The SMILES string of the molecule is CCN(C)C(=O)CNCc1cc([N+](=O)[O-])c(F)cc1F. The molecule has 0 fully saturated rings. The van der Waals surface area contributed by atoms with Gasteiger partial charge in [0, 0.05) is 37.8 Å². The van der Waals surface area contributed by atoms with Crippen molar-refractivity contribution in [2.24, 2.45) is 0 Å². The van der Waals surface area contributed by atoms with Gasteiger partial charge < -0.3 is 10.2 Å². The largest absolute Gasteiger partial charge is 0.345 e. The highest BCUT2D eigenvalue weighted by molar-refractivity contribution is 5.77. The van der Waals surface area contributed by atoms with Gasteiger partial charge in [0.2, 0.25) is 11.7 Å². The highest BCUT2D eigenvalue weighted by Crippen LogP contribution is 2.21. The van der Waals surface area contributed by atoms with E-state index in [1.54, 1.807) is 14.0 Å². The molecule has 1 rings (SSSR count). The molecule has 0 heterocycles. The zero-order chi connectivity index (χ0) is 15.3. The highest BCUT2D eigenvalue weighted by Gasteiger charge is 2.18. The maximum absolute atomic E-state index is 13.4. The van der Waals surface area contributed by atoms with Crippen LogP contribution in [0.1, 0.15) is 12.5 Å². The number of likely N-dealkylation sites (N-methyl/N-ethyl adjacent to an activating group) is 1. The molecule has 0 saturated heterocycles. The number of halogens is 2. The summed E-state index contributed by atoms with van der Waals surface area (Å²) < 4.78 is 26.6. The van der Waals surface area contributed by atoms with E-state index in [0.717, 1.165) is 6.07 Å². The predicted octanol–water partition coefficient (Wildman–Crippen LogP) is 1.44. The van der Waals surface area contributed by atoms with Gasteiger partial charge in [-0.2, -0.15) is 4.39 Å². The fourth-order valence-corrected chi connectivity index (χ4v) is 1.47. The Balaban J connectivity index is 2.71. The van der Waals surface area contributed by atoms with Gasteiger partial charge in [-0.25, -0.2) is 4.39 Å². The van der Waals surface area contributed by atoms with Crippen LogP contribution in [0, 0.1) is 21.7 Å². The van der Waals surface area contributed by atoms with Gasteiger partial charge in [0.15, 0.2) is 0 Å². The van der Waals surface area contributed by atoms with Crippen LogP contribution in [0.4, 0.5) is 14.5 Å². The summed E-state index contributed by atoms with van der Waals surface area (Å²) in [6, 6.07) is 1.29.